The molecule has 0 aromatic rings. The highest BCUT2D eigenvalue weighted by Gasteiger charge is 2.40. The van der Waals surface area contributed by atoms with Crippen LogP contribution in [0.3, 0.4) is 0 Å². The fraction of sp³-hybridized carbons (Fsp3) is 1.00. The molecule has 11 heavy (non-hydrogen) atoms. The summed E-state index contributed by atoms with van der Waals surface area (Å²) in [5.41, 5.74) is 0. The molecule has 1 saturated heterocycles. The summed E-state index contributed by atoms with van der Waals surface area (Å²) in [6, 6.07) is 0. The van der Waals surface area contributed by atoms with E-state index >= 15 is 0 Å². The highest BCUT2D eigenvalue weighted by molar-refractivity contribution is 4.86. The Morgan fingerprint density at radius 3 is 2.00 bits per heavy atom. The van der Waals surface area contributed by atoms with Crippen molar-refractivity contribution >= 4 is 0 Å². The standard InChI is InChI=1S/C6H12O5/c1-2-3(7)4(8)5(9)6(10)11-2/h2-10H,1H3/t2?,3?,4-,5-,6+/m0/s1. The molecular weight excluding hydrogens is 152 g/mol. The number of ether oxygens (including phenoxy) is 1. The smallest absolute Gasteiger partial charge is 0.183 e. The summed E-state index contributed by atoms with van der Waals surface area (Å²) in [5.74, 6) is 0. The molecule has 1 aliphatic heterocycles. The molecule has 0 aromatic carbocycles. The first-order chi connectivity index (χ1) is 5.04. The van der Waals surface area contributed by atoms with Crippen LogP contribution < -0.4 is 0 Å². The van der Waals surface area contributed by atoms with E-state index in [9.17, 15) is 0 Å². The van der Waals surface area contributed by atoms with Crippen LogP contribution in [0.2, 0.25) is 0 Å². The Hall–Kier alpha value is -0.200. The zero-order valence-corrected chi connectivity index (χ0v) is 6.08. The molecule has 1 aliphatic rings. The van der Waals surface area contributed by atoms with Crippen LogP contribution in [0.25, 0.3) is 0 Å². The van der Waals surface area contributed by atoms with Crippen molar-refractivity contribution < 1.29 is 25.2 Å². The lowest BCUT2D eigenvalue weighted by atomic mass is 10.0. The first kappa shape index (κ1) is 8.89. The molecule has 5 nitrogen and oxygen atoms in total. The van der Waals surface area contributed by atoms with Crippen LogP contribution in [-0.2, 0) is 4.74 Å². The van der Waals surface area contributed by atoms with Gasteiger partial charge in [0.1, 0.15) is 18.3 Å². The molecule has 0 radical (unpaired) electrons. The summed E-state index contributed by atoms with van der Waals surface area (Å²) in [4.78, 5) is 0. The Kier molecular flexibility index (Phi) is 2.46. The summed E-state index contributed by atoms with van der Waals surface area (Å²) >= 11 is 0. The Labute approximate surface area is 63.8 Å². The summed E-state index contributed by atoms with van der Waals surface area (Å²) < 4.78 is 4.68. The van der Waals surface area contributed by atoms with Crippen LogP contribution in [0.15, 0.2) is 0 Å². The lowest BCUT2D eigenvalue weighted by Crippen LogP contribution is -2.56. The molecule has 5 atom stereocenters. The lowest BCUT2D eigenvalue weighted by Gasteiger charge is -2.36. The second kappa shape index (κ2) is 3.04. The van der Waals surface area contributed by atoms with Gasteiger partial charge in [-0.05, 0) is 6.92 Å². The third kappa shape index (κ3) is 1.52. The summed E-state index contributed by atoms with van der Waals surface area (Å²) in [5, 5.41) is 36.0. The SMILES string of the molecule is CC1O[C@@H](O)[C@@H](O)[C@@H](O)C1O. The van der Waals surface area contributed by atoms with E-state index in [-0.39, 0.29) is 0 Å². The second-order valence-electron chi connectivity index (χ2n) is 2.70. The number of aliphatic hydroxyl groups is 4. The predicted octanol–water partition coefficient (Wildman–Crippen LogP) is -2.19. The maximum atomic E-state index is 9.09. The van der Waals surface area contributed by atoms with Gasteiger partial charge in [0.05, 0.1) is 6.10 Å². The maximum absolute atomic E-state index is 9.09. The van der Waals surface area contributed by atoms with Crippen molar-refractivity contribution in [3.8, 4) is 0 Å². The van der Waals surface area contributed by atoms with E-state index < -0.39 is 30.7 Å². The van der Waals surface area contributed by atoms with Gasteiger partial charge >= 0.3 is 0 Å². The molecule has 0 bridgehead atoms. The molecule has 66 valence electrons. The molecule has 0 aromatic heterocycles. The second-order valence-corrected chi connectivity index (χ2v) is 2.70. The van der Waals surface area contributed by atoms with Gasteiger partial charge in [-0.3, -0.25) is 0 Å². The van der Waals surface area contributed by atoms with Gasteiger partial charge in [-0.25, -0.2) is 0 Å². The molecule has 0 spiro atoms. The molecular formula is C6H12O5. The molecule has 0 aliphatic carbocycles. The highest BCUT2D eigenvalue weighted by Crippen LogP contribution is 2.18. The predicted molar refractivity (Wildman–Crippen MR) is 34.6 cm³/mol. The van der Waals surface area contributed by atoms with E-state index in [1.54, 1.807) is 0 Å². The Morgan fingerprint density at radius 1 is 0.909 bits per heavy atom. The third-order valence-corrected chi connectivity index (χ3v) is 1.83. The minimum Gasteiger partial charge on any atom is -0.388 e. The van der Waals surface area contributed by atoms with Crippen molar-refractivity contribution in [1.29, 1.82) is 0 Å². The zero-order valence-electron chi connectivity index (χ0n) is 6.08. The van der Waals surface area contributed by atoms with E-state index in [4.69, 9.17) is 20.4 Å². The van der Waals surface area contributed by atoms with E-state index in [2.05, 4.69) is 4.74 Å². The summed E-state index contributed by atoms with van der Waals surface area (Å²) in [6.07, 6.45) is -5.99. The van der Waals surface area contributed by atoms with Gasteiger partial charge in [-0.2, -0.15) is 0 Å². The minimum atomic E-state index is -1.43. The molecule has 5 heteroatoms. The van der Waals surface area contributed by atoms with Crippen molar-refractivity contribution in [2.75, 3.05) is 0 Å². The van der Waals surface area contributed by atoms with Crippen LogP contribution in [-0.4, -0.2) is 51.1 Å². The Bertz CT molecular complexity index is 125. The first-order valence-electron chi connectivity index (χ1n) is 3.41. The zero-order chi connectivity index (χ0) is 8.59. The van der Waals surface area contributed by atoms with Gasteiger partial charge in [-0.15, -0.1) is 0 Å². The van der Waals surface area contributed by atoms with Crippen molar-refractivity contribution in [2.45, 2.75) is 37.6 Å². The first-order valence-corrected chi connectivity index (χ1v) is 3.41. The number of hydrogen-bond donors (Lipinski definition) is 4. The number of aliphatic hydroxyl groups excluding tert-OH is 4. The number of rotatable bonds is 0. The fourth-order valence-corrected chi connectivity index (χ4v) is 1.03. The largest absolute Gasteiger partial charge is 0.388 e. The fourth-order valence-electron chi connectivity index (χ4n) is 1.03. The average molecular weight is 164 g/mol. The average Bonchev–Trinajstić information content (AvgIpc) is 1.97. The topological polar surface area (TPSA) is 90.2 Å². The monoisotopic (exact) mass is 164 g/mol. The highest BCUT2D eigenvalue weighted by atomic mass is 16.6. The molecule has 1 heterocycles. The van der Waals surface area contributed by atoms with Crippen LogP contribution in [0.4, 0.5) is 0 Å². The van der Waals surface area contributed by atoms with E-state index in [0.717, 1.165) is 0 Å². The van der Waals surface area contributed by atoms with Crippen LogP contribution in [0.1, 0.15) is 6.92 Å². The minimum absolute atomic E-state index is 0.664. The van der Waals surface area contributed by atoms with E-state index in [1.165, 1.54) is 6.92 Å². The van der Waals surface area contributed by atoms with Crippen LogP contribution in [0, 0.1) is 0 Å². The Balaban J connectivity index is 2.63. The molecule has 0 saturated carbocycles. The van der Waals surface area contributed by atoms with Gasteiger partial charge in [0, 0.05) is 0 Å². The van der Waals surface area contributed by atoms with Crippen molar-refractivity contribution in [3.05, 3.63) is 0 Å². The van der Waals surface area contributed by atoms with Gasteiger partial charge in [0.2, 0.25) is 0 Å². The van der Waals surface area contributed by atoms with Crippen molar-refractivity contribution in [2.24, 2.45) is 0 Å². The molecule has 2 unspecified atom stereocenters. The van der Waals surface area contributed by atoms with Gasteiger partial charge < -0.3 is 25.2 Å². The third-order valence-electron chi connectivity index (χ3n) is 1.83. The normalized spacial score (nSPS) is 52.6. The molecule has 1 fully saturated rings. The summed E-state index contributed by atoms with van der Waals surface area (Å²) in [6.45, 7) is 1.50. The van der Waals surface area contributed by atoms with E-state index in [1.807, 2.05) is 0 Å². The number of hydrogen-bond acceptors (Lipinski definition) is 5. The van der Waals surface area contributed by atoms with Crippen LogP contribution in [0.5, 0.6) is 0 Å². The molecule has 0 amide bonds. The van der Waals surface area contributed by atoms with E-state index in [0.29, 0.717) is 0 Å². The molecule has 4 N–H and O–H groups in total. The van der Waals surface area contributed by atoms with Crippen LogP contribution >= 0.6 is 0 Å². The Morgan fingerprint density at radius 2 is 1.45 bits per heavy atom. The molecule has 1 rings (SSSR count). The maximum Gasteiger partial charge on any atom is 0.183 e. The van der Waals surface area contributed by atoms with Gasteiger partial charge in [0.25, 0.3) is 0 Å². The van der Waals surface area contributed by atoms with Crippen molar-refractivity contribution in [1.82, 2.24) is 0 Å². The summed E-state index contributed by atoms with van der Waals surface area (Å²) in [7, 11) is 0. The van der Waals surface area contributed by atoms with Crippen molar-refractivity contribution in [3.63, 3.8) is 0 Å². The van der Waals surface area contributed by atoms with Gasteiger partial charge in [0.15, 0.2) is 6.29 Å². The van der Waals surface area contributed by atoms with Gasteiger partial charge in [-0.1, -0.05) is 0 Å². The lowest BCUT2D eigenvalue weighted by molar-refractivity contribution is -0.277. The quantitative estimate of drug-likeness (QED) is 0.326.